The van der Waals surface area contributed by atoms with Crippen molar-refractivity contribution in [3.63, 3.8) is 0 Å². The minimum atomic E-state index is -4.71. The molecule has 0 aliphatic rings. The smallest absolute Gasteiger partial charge is 0.406 e. The summed E-state index contributed by atoms with van der Waals surface area (Å²) in [5.74, 6) is -0.101. The van der Waals surface area contributed by atoms with Crippen molar-refractivity contribution in [2.75, 3.05) is 11.9 Å². The number of anilines is 1. The van der Waals surface area contributed by atoms with Crippen molar-refractivity contribution in [2.45, 2.75) is 33.2 Å². The lowest BCUT2D eigenvalue weighted by molar-refractivity contribution is -0.274. The summed E-state index contributed by atoms with van der Waals surface area (Å²) in [5, 5.41) is 7.17. The van der Waals surface area contributed by atoms with Crippen LogP contribution in [-0.2, 0) is 6.54 Å². The highest BCUT2D eigenvalue weighted by molar-refractivity contribution is 14.0. The van der Waals surface area contributed by atoms with E-state index in [2.05, 4.69) is 20.1 Å². The van der Waals surface area contributed by atoms with Crippen LogP contribution in [0, 0.1) is 13.8 Å². The van der Waals surface area contributed by atoms with Gasteiger partial charge >= 0.3 is 6.36 Å². The van der Waals surface area contributed by atoms with Crippen molar-refractivity contribution >= 4 is 35.6 Å². The summed E-state index contributed by atoms with van der Waals surface area (Å²) in [6.45, 7) is 5.17. The standard InChI is InChI=1S/C16H20F3N5O.HI/c1-11-10-12(2)24(23-11)9-3-8-21-15(20)22-13-4-6-14(7-5-13)25-16(17,18)19;/h4-7,10H,3,8-9H2,1-2H3,(H3,20,21,22);1H. The normalized spacial score (nSPS) is 11.8. The van der Waals surface area contributed by atoms with Crippen molar-refractivity contribution in [2.24, 2.45) is 10.7 Å². The van der Waals surface area contributed by atoms with E-state index in [9.17, 15) is 13.2 Å². The van der Waals surface area contributed by atoms with Gasteiger partial charge in [-0.25, -0.2) is 0 Å². The number of guanidine groups is 1. The third-order valence-corrected chi connectivity index (χ3v) is 3.27. The van der Waals surface area contributed by atoms with Crippen LogP contribution in [-0.4, -0.2) is 28.6 Å². The molecule has 1 heterocycles. The maximum atomic E-state index is 12.1. The van der Waals surface area contributed by atoms with Gasteiger partial charge in [-0.2, -0.15) is 5.10 Å². The number of nitrogens with zero attached hydrogens (tertiary/aromatic N) is 3. The summed E-state index contributed by atoms with van der Waals surface area (Å²) >= 11 is 0. The molecule has 0 bridgehead atoms. The molecular formula is C16H21F3IN5O. The van der Waals surface area contributed by atoms with Crippen molar-refractivity contribution in [1.29, 1.82) is 0 Å². The van der Waals surface area contributed by atoms with Crippen molar-refractivity contribution < 1.29 is 17.9 Å². The molecule has 0 amide bonds. The second-order valence-electron chi connectivity index (χ2n) is 5.47. The lowest BCUT2D eigenvalue weighted by atomic mass is 10.3. The molecule has 3 N–H and O–H groups in total. The molecule has 0 spiro atoms. The summed E-state index contributed by atoms with van der Waals surface area (Å²) in [7, 11) is 0. The van der Waals surface area contributed by atoms with Gasteiger partial charge < -0.3 is 15.8 Å². The highest BCUT2D eigenvalue weighted by Gasteiger charge is 2.30. The fourth-order valence-electron chi connectivity index (χ4n) is 2.25. The molecule has 0 aliphatic carbocycles. The summed E-state index contributed by atoms with van der Waals surface area (Å²) in [4.78, 5) is 4.18. The van der Waals surface area contributed by atoms with Gasteiger partial charge in [0.05, 0.1) is 5.69 Å². The number of rotatable bonds is 6. The van der Waals surface area contributed by atoms with E-state index < -0.39 is 6.36 Å². The first-order chi connectivity index (χ1) is 11.7. The van der Waals surface area contributed by atoms with Crippen molar-refractivity contribution in [3.05, 3.63) is 41.7 Å². The molecule has 144 valence electrons. The first kappa shape index (κ1) is 22.1. The second kappa shape index (κ2) is 9.64. The van der Waals surface area contributed by atoms with Crippen LogP contribution in [0.4, 0.5) is 18.9 Å². The van der Waals surface area contributed by atoms with E-state index in [-0.39, 0.29) is 35.7 Å². The summed E-state index contributed by atoms with van der Waals surface area (Å²) in [5.41, 5.74) is 8.35. The van der Waals surface area contributed by atoms with Crippen LogP contribution in [0.15, 0.2) is 35.3 Å². The molecule has 1 aromatic carbocycles. The number of nitrogens with one attached hydrogen (secondary N) is 1. The number of nitrogens with two attached hydrogens (primary N) is 1. The minimum Gasteiger partial charge on any atom is -0.406 e. The highest BCUT2D eigenvalue weighted by atomic mass is 127. The zero-order valence-corrected chi connectivity index (χ0v) is 16.7. The minimum absolute atomic E-state index is 0. The quantitative estimate of drug-likeness (QED) is 0.284. The van der Waals surface area contributed by atoms with Gasteiger partial charge in [-0.05, 0) is 50.6 Å². The Balaban J connectivity index is 0.00000338. The Bertz CT molecular complexity index is 728. The molecule has 2 rings (SSSR count). The lowest BCUT2D eigenvalue weighted by Crippen LogP contribution is -2.23. The Kier molecular flexibility index (Phi) is 8.18. The van der Waals surface area contributed by atoms with Crippen LogP contribution in [0.25, 0.3) is 0 Å². The van der Waals surface area contributed by atoms with E-state index in [1.165, 1.54) is 24.3 Å². The van der Waals surface area contributed by atoms with Gasteiger partial charge in [0.25, 0.3) is 0 Å². The number of hydrogen-bond donors (Lipinski definition) is 2. The number of hydrogen-bond acceptors (Lipinski definition) is 3. The number of ether oxygens (including phenoxy) is 1. The molecule has 2 aromatic rings. The summed E-state index contributed by atoms with van der Waals surface area (Å²) in [6, 6.07) is 7.27. The summed E-state index contributed by atoms with van der Waals surface area (Å²) < 4.78 is 42.0. The Labute approximate surface area is 166 Å². The third-order valence-electron chi connectivity index (χ3n) is 3.27. The number of aromatic nitrogens is 2. The molecule has 0 aliphatic heterocycles. The van der Waals surface area contributed by atoms with Crippen LogP contribution in [0.5, 0.6) is 5.75 Å². The Morgan fingerprint density at radius 1 is 1.27 bits per heavy atom. The summed E-state index contributed by atoms with van der Waals surface area (Å²) in [6.07, 6.45) is -3.94. The number of benzene rings is 1. The average Bonchev–Trinajstić information content (AvgIpc) is 2.82. The van der Waals surface area contributed by atoms with Gasteiger partial charge in [-0.3, -0.25) is 9.67 Å². The second-order valence-corrected chi connectivity index (χ2v) is 5.47. The number of aryl methyl sites for hydroxylation is 3. The topological polar surface area (TPSA) is 77.5 Å². The number of aliphatic imine (C=N–C) groups is 1. The van der Waals surface area contributed by atoms with Gasteiger partial charge in [-0.15, -0.1) is 37.1 Å². The number of alkyl halides is 3. The van der Waals surface area contributed by atoms with Crippen LogP contribution in [0.3, 0.4) is 0 Å². The van der Waals surface area contributed by atoms with Crippen molar-refractivity contribution in [1.82, 2.24) is 9.78 Å². The van der Waals surface area contributed by atoms with Gasteiger partial charge in [0.15, 0.2) is 5.96 Å². The van der Waals surface area contributed by atoms with E-state index in [1.54, 1.807) is 0 Å². The number of halogens is 4. The van der Waals surface area contributed by atoms with Gasteiger partial charge in [0, 0.05) is 24.5 Å². The molecule has 1 aromatic heterocycles. The van der Waals surface area contributed by atoms with Crippen LogP contribution in [0.2, 0.25) is 0 Å². The highest BCUT2D eigenvalue weighted by Crippen LogP contribution is 2.23. The first-order valence-electron chi connectivity index (χ1n) is 7.67. The molecule has 0 radical (unpaired) electrons. The van der Waals surface area contributed by atoms with E-state index in [0.29, 0.717) is 12.2 Å². The molecule has 10 heteroatoms. The molecule has 0 unspecified atom stereocenters. The van der Waals surface area contributed by atoms with Gasteiger partial charge in [-0.1, -0.05) is 0 Å². The monoisotopic (exact) mass is 483 g/mol. The Morgan fingerprint density at radius 2 is 1.92 bits per heavy atom. The lowest BCUT2D eigenvalue weighted by Gasteiger charge is -2.10. The fraction of sp³-hybridized carbons (Fsp3) is 0.375. The van der Waals surface area contributed by atoms with E-state index in [1.807, 2.05) is 24.6 Å². The Morgan fingerprint density at radius 3 is 2.46 bits per heavy atom. The Hall–Kier alpha value is -1.98. The van der Waals surface area contributed by atoms with Crippen LogP contribution >= 0.6 is 24.0 Å². The molecule has 6 nitrogen and oxygen atoms in total. The third kappa shape index (κ3) is 7.50. The zero-order valence-electron chi connectivity index (χ0n) is 14.4. The molecule has 0 saturated carbocycles. The van der Waals surface area contributed by atoms with Crippen molar-refractivity contribution in [3.8, 4) is 5.75 Å². The maximum absolute atomic E-state index is 12.1. The van der Waals surface area contributed by atoms with E-state index in [0.717, 1.165) is 24.4 Å². The zero-order chi connectivity index (χ0) is 18.4. The van der Waals surface area contributed by atoms with Crippen LogP contribution in [0.1, 0.15) is 17.8 Å². The van der Waals surface area contributed by atoms with E-state index >= 15 is 0 Å². The van der Waals surface area contributed by atoms with E-state index in [4.69, 9.17) is 5.73 Å². The predicted molar refractivity (Wildman–Crippen MR) is 105 cm³/mol. The maximum Gasteiger partial charge on any atom is 0.573 e. The van der Waals surface area contributed by atoms with Gasteiger partial charge in [0.2, 0.25) is 0 Å². The van der Waals surface area contributed by atoms with Gasteiger partial charge in [0.1, 0.15) is 5.75 Å². The van der Waals surface area contributed by atoms with Crippen LogP contribution < -0.4 is 15.8 Å². The SMILES string of the molecule is Cc1cc(C)n(CCCN=C(N)Nc2ccc(OC(F)(F)F)cc2)n1.I. The molecule has 0 saturated heterocycles. The average molecular weight is 483 g/mol. The fourth-order valence-corrected chi connectivity index (χ4v) is 2.25. The molecule has 0 atom stereocenters. The first-order valence-corrected chi connectivity index (χ1v) is 7.67. The molecule has 26 heavy (non-hydrogen) atoms. The predicted octanol–water partition coefficient (Wildman–Crippen LogP) is 3.83. The molecular weight excluding hydrogens is 462 g/mol. The largest absolute Gasteiger partial charge is 0.573 e. The molecule has 0 fully saturated rings.